The fraction of sp³-hybridized carbons (Fsp3) is 0.190. The van der Waals surface area contributed by atoms with Crippen molar-refractivity contribution in [1.29, 1.82) is 0 Å². The van der Waals surface area contributed by atoms with E-state index in [1.165, 1.54) is 0 Å². The molecule has 4 aromatic rings. The highest BCUT2D eigenvalue weighted by Gasteiger charge is 2.20. The van der Waals surface area contributed by atoms with Crippen LogP contribution in [0.5, 0.6) is 5.75 Å². The fourth-order valence-electron chi connectivity index (χ4n) is 3.46. The van der Waals surface area contributed by atoms with E-state index >= 15 is 0 Å². The van der Waals surface area contributed by atoms with Crippen molar-refractivity contribution in [2.75, 3.05) is 5.32 Å². The van der Waals surface area contributed by atoms with E-state index in [2.05, 4.69) is 26.5 Å². The summed E-state index contributed by atoms with van der Waals surface area (Å²) in [6.45, 7) is 2.05. The number of carbonyl (C=O) groups is 1. The van der Waals surface area contributed by atoms with Gasteiger partial charge in [-0.3, -0.25) is 10.1 Å². The van der Waals surface area contributed by atoms with Crippen LogP contribution in [0, 0.1) is 0 Å². The van der Waals surface area contributed by atoms with Crippen LogP contribution in [0.3, 0.4) is 0 Å². The van der Waals surface area contributed by atoms with E-state index in [9.17, 15) is 4.79 Å². The summed E-state index contributed by atoms with van der Waals surface area (Å²) in [6, 6.07) is 15.3. The highest BCUT2D eigenvalue weighted by atomic mass is 16.5. The molecule has 1 aliphatic rings. The number of hydrogen-bond acceptors (Lipinski definition) is 5. The smallest absolute Gasteiger partial charge is 0.232 e. The van der Waals surface area contributed by atoms with E-state index in [4.69, 9.17) is 9.26 Å². The van der Waals surface area contributed by atoms with Gasteiger partial charge in [0.2, 0.25) is 11.9 Å². The number of hydrogen-bond donors (Lipinski definition) is 2. The molecule has 7 nitrogen and oxygen atoms in total. The van der Waals surface area contributed by atoms with E-state index in [-0.39, 0.29) is 18.4 Å². The standard InChI is InChI=1S/C21H18N4O3/c1-12-8-14-9-13(6-7-18(14)27-12)19-10-15(25-28-19)11-20(26)24-21-22-16-4-2-3-5-17(16)23-21/h2-7,9-10,12H,8,11H2,1H3,(H2,22,23,24,26)/t12-/m0/s1. The van der Waals surface area contributed by atoms with E-state index in [0.29, 0.717) is 17.4 Å². The second kappa shape index (κ2) is 6.53. The maximum absolute atomic E-state index is 12.3. The molecule has 140 valence electrons. The van der Waals surface area contributed by atoms with E-state index < -0.39 is 0 Å². The summed E-state index contributed by atoms with van der Waals surface area (Å²) in [7, 11) is 0. The molecule has 0 spiro atoms. The third-order valence-corrected chi connectivity index (χ3v) is 4.73. The van der Waals surface area contributed by atoms with Crippen molar-refractivity contribution in [1.82, 2.24) is 15.1 Å². The van der Waals surface area contributed by atoms with Gasteiger partial charge in [0.1, 0.15) is 11.9 Å². The number of aromatic nitrogens is 3. The normalized spacial score (nSPS) is 15.4. The van der Waals surface area contributed by atoms with Gasteiger partial charge in [0.05, 0.1) is 23.1 Å². The van der Waals surface area contributed by atoms with Gasteiger partial charge in [-0.2, -0.15) is 0 Å². The predicted molar refractivity (Wildman–Crippen MR) is 104 cm³/mol. The number of fused-ring (bicyclic) bond motifs is 2. The zero-order valence-corrected chi connectivity index (χ0v) is 15.2. The molecule has 1 atom stereocenters. The number of imidazole rings is 1. The average Bonchev–Trinajstić information content (AvgIpc) is 3.37. The first-order valence-corrected chi connectivity index (χ1v) is 9.14. The zero-order chi connectivity index (χ0) is 19.1. The molecule has 0 bridgehead atoms. The molecule has 0 unspecified atom stereocenters. The highest BCUT2D eigenvalue weighted by molar-refractivity contribution is 5.92. The van der Waals surface area contributed by atoms with Crippen LogP contribution in [0.25, 0.3) is 22.4 Å². The largest absolute Gasteiger partial charge is 0.490 e. The van der Waals surface area contributed by atoms with Gasteiger partial charge in [-0.1, -0.05) is 17.3 Å². The second-order valence-corrected chi connectivity index (χ2v) is 6.97. The Kier molecular flexibility index (Phi) is 3.86. The second-order valence-electron chi connectivity index (χ2n) is 6.97. The van der Waals surface area contributed by atoms with Gasteiger partial charge in [-0.05, 0) is 42.8 Å². The lowest BCUT2D eigenvalue weighted by atomic mass is 10.1. The zero-order valence-electron chi connectivity index (χ0n) is 15.2. The number of nitrogens with zero attached hydrogens (tertiary/aromatic N) is 2. The van der Waals surface area contributed by atoms with Gasteiger partial charge in [-0.15, -0.1) is 0 Å². The molecule has 2 N–H and O–H groups in total. The summed E-state index contributed by atoms with van der Waals surface area (Å²) in [5.74, 6) is 1.76. The predicted octanol–water partition coefficient (Wildman–Crippen LogP) is 3.72. The SMILES string of the molecule is C[C@H]1Cc2cc(-c3cc(CC(=O)Nc4nc5ccccc5[nH]4)no3)ccc2O1. The maximum atomic E-state index is 12.3. The lowest BCUT2D eigenvalue weighted by Crippen LogP contribution is -2.15. The Balaban J connectivity index is 1.28. The monoisotopic (exact) mass is 374 g/mol. The Morgan fingerprint density at radius 3 is 3.04 bits per heavy atom. The van der Waals surface area contributed by atoms with Crippen LogP contribution in [0.1, 0.15) is 18.2 Å². The molecule has 2 aromatic heterocycles. The van der Waals surface area contributed by atoms with Crippen LogP contribution in [0.2, 0.25) is 0 Å². The number of carbonyl (C=O) groups excluding carboxylic acids is 1. The molecule has 0 radical (unpaired) electrons. The van der Waals surface area contributed by atoms with Crippen LogP contribution < -0.4 is 10.1 Å². The summed E-state index contributed by atoms with van der Waals surface area (Å²) < 4.78 is 11.2. The lowest BCUT2D eigenvalue weighted by Gasteiger charge is -2.02. The quantitative estimate of drug-likeness (QED) is 0.568. The third kappa shape index (κ3) is 3.11. The van der Waals surface area contributed by atoms with Crippen LogP contribution in [0.4, 0.5) is 5.95 Å². The van der Waals surface area contributed by atoms with Crippen molar-refractivity contribution < 1.29 is 14.1 Å². The minimum atomic E-state index is -0.213. The lowest BCUT2D eigenvalue weighted by molar-refractivity contribution is -0.115. The van der Waals surface area contributed by atoms with Crippen molar-refractivity contribution in [3.63, 3.8) is 0 Å². The van der Waals surface area contributed by atoms with Crippen LogP contribution in [-0.2, 0) is 17.6 Å². The Labute approximate surface area is 160 Å². The van der Waals surface area contributed by atoms with E-state index in [1.807, 2.05) is 43.3 Å². The van der Waals surface area contributed by atoms with Gasteiger partial charge in [0.25, 0.3) is 0 Å². The number of rotatable bonds is 4. The van der Waals surface area contributed by atoms with Gasteiger partial charge in [0, 0.05) is 18.1 Å². The van der Waals surface area contributed by atoms with Crippen LogP contribution in [0.15, 0.2) is 53.1 Å². The van der Waals surface area contributed by atoms with Crippen molar-refractivity contribution in [2.24, 2.45) is 0 Å². The van der Waals surface area contributed by atoms with Crippen LogP contribution >= 0.6 is 0 Å². The first-order chi connectivity index (χ1) is 13.6. The molecular weight excluding hydrogens is 356 g/mol. The number of nitrogens with one attached hydrogen (secondary N) is 2. The first-order valence-electron chi connectivity index (χ1n) is 9.14. The molecule has 28 heavy (non-hydrogen) atoms. The Morgan fingerprint density at radius 2 is 2.14 bits per heavy atom. The molecule has 7 heteroatoms. The summed E-state index contributed by atoms with van der Waals surface area (Å²) in [6.07, 6.45) is 1.17. The molecule has 0 saturated heterocycles. The van der Waals surface area contributed by atoms with Crippen LogP contribution in [-0.4, -0.2) is 27.1 Å². The molecule has 1 aliphatic heterocycles. The minimum absolute atomic E-state index is 0.103. The number of para-hydroxylation sites is 2. The topological polar surface area (TPSA) is 93.0 Å². The number of aromatic amines is 1. The van der Waals surface area contributed by atoms with Gasteiger partial charge < -0.3 is 14.2 Å². The molecule has 1 amide bonds. The Bertz CT molecular complexity index is 1140. The van der Waals surface area contributed by atoms with Crippen molar-refractivity contribution in [3.05, 3.63) is 59.8 Å². The number of H-pyrrole nitrogens is 1. The molecule has 2 aromatic carbocycles. The van der Waals surface area contributed by atoms with Crippen molar-refractivity contribution >= 4 is 22.9 Å². The molecule has 3 heterocycles. The summed E-state index contributed by atoms with van der Waals surface area (Å²) in [5, 5.41) is 6.79. The fourth-order valence-corrected chi connectivity index (χ4v) is 3.46. The average molecular weight is 374 g/mol. The number of benzene rings is 2. The van der Waals surface area contributed by atoms with Gasteiger partial charge in [-0.25, -0.2) is 4.98 Å². The Hall–Kier alpha value is -3.61. The number of amides is 1. The summed E-state index contributed by atoms with van der Waals surface area (Å²) in [5.41, 5.74) is 4.32. The molecule has 5 rings (SSSR count). The summed E-state index contributed by atoms with van der Waals surface area (Å²) >= 11 is 0. The molecule has 0 fully saturated rings. The van der Waals surface area contributed by atoms with E-state index in [1.54, 1.807) is 6.07 Å². The van der Waals surface area contributed by atoms with Gasteiger partial charge >= 0.3 is 0 Å². The minimum Gasteiger partial charge on any atom is -0.490 e. The molecule has 0 aliphatic carbocycles. The number of ether oxygens (including phenoxy) is 1. The maximum Gasteiger partial charge on any atom is 0.232 e. The number of anilines is 1. The van der Waals surface area contributed by atoms with Crippen molar-refractivity contribution in [2.45, 2.75) is 25.9 Å². The van der Waals surface area contributed by atoms with Gasteiger partial charge in [0.15, 0.2) is 5.76 Å². The third-order valence-electron chi connectivity index (χ3n) is 4.73. The molecule has 0 saturated carbocycles. The summed E-state index contributed by atoms with van der Waals surface area (Å²) in [4.78, 5) is 19.7. The van der Waals surface area contributed by atoms with E-state index in [0.717, 1.165) is 34.3 Å². The Morgan fingerprint density at radius 1 is 1.25 bits per heavy atom. The highest BCUT2D eigenvalue weighted by Crippen LogP contribution is 2.33. The molecular formula is C21H18N4O3. The first kappa shape index (κ1) is 16.6. The van der Waals surface area contributed by atoms with Crippen molar-refractivity contribution in [3.8, 4) is 17.1 Å².